The van der Waals surface area contributed by atoms with E-state index in [0.29, 0.717) is 0 Å². The molecular formula is C22H23NO4. The Hall–Kier alpha value is -3.08. The third-order valence-electron chi connectivity index (χ3n) is 4.60. The van der Waals surface area contributed by atoms with Crippen molar-refractivity contribution in [3.8, 4) is 0 Å². The number of rotatable bonds is 4. The lowest BCUT2D eigenvalue weighted by molar-refractivity contribution is -0.222. The van der Waals surface area contributed by atoms with E-state index >= 15 is 0 Å². The molecule has 140 valence electrons. The van der Waals surface area contributed by atoms with E-state index in [1.807, 2.05) is 42.5 Å². The molecule has 2 aromatic carbocycles. The maximum atomic E-state index is 12.0. The molecule has 1 aliphatic rings. The van der Waals surface area contributed by atoms with Gasteiger partial charge in [-0.15, -0.1) is 0 Å². The van der Waals surface area contributed by atoms with Crippen LogP contribution in [0, 0.1) is 0 Å². The third kappa shape index (κ3) is 4.03. The minimum Gasteiger partial charge on any atom is -0.419 e. The Morgan fingerprint density at radius 1 is 0.852 bits per heavy atom. The Morgan fingerprint density at radius 3 is 1.93 bits per heavy atom. The van der Waals surface area contributed by atoms with Crippen molar-refractivity contribution in [2.45, 2.75) is 38.9 Å². The molecule has 5 nitrogen and oxygen atoms in total. The predicted molar refractivity (Wildman–Crippen MR) is 103 cm³/mol. The Bertz CT molecular complexity index is 858. The first-order valence-corrected chi connectivity index (χ1v) is 8.78. The molecule has 1 saturated heterocycles. The zero-order valence-corrected chi connectivity index (χ0v) is 15.9. The monoisotopic (exact) mass is 365 g/mol. The highest BCUT2D eigenvalue weighted by Crippen LogP contribution is 2.32. The maximum Gasteiger partial charge on any atom is 0.350 e. The highest BCUT2D eigenvalue weighted by Gasteiger charge is 2.38. The van der Waals surface area contributed by atoms with Crippen molar-refractivity contribution in [2.75, 3.05) is 5.32 Å². The van der Waals surface area contributed by atoms with E-state index in [2.05, 4.69) is 31.3 Å². The first kappa shape index (κ1) is 18.7. The van der Waals surface area contributed by atoms with Crippen LogP contribution in [-0.2, 0) is 24.5 Å². The molecule has 0 saturated carbocycles. The summed E-state index contributed by atoms with van der Waals surface area (Å²) in [6.07, 6.45) is 1.32. The summed E-state index contributed by atoms with van der Waals surface area (Å²) < 4.78 is 10.1. The van der Waals surface area contributed by atoms with Crippen LogP contribution in [0.25, 0.3) is 0 Å². The van der Waals surface area contributed by atoms with Crippen LogP contribution in [-0.4, -0.2) is 17.7 Å². The molecule has 1 aliphatic heterocycles. The lowest BCUT2D eigenvalue weighted by Gasteiger charge is -2.29. The van der Waals surface area contributed by atoms with E-state index in [9.17, 15) is 9.59 Å². The number of ether oxygens (including phenoxy) is 2. The predicted octanol–water partition coefficient (Wildman–Crippen LogP) is 4.14. The second kappa shape index (κ2) is 6.91. The first-order valence-electron chi connectivity index (χ1n) is 8.78. The number of benzene rings is 2. The topological polar surface area (TPSA) is 64.6 Å². The van der Waals surface area contributed by atoms with Crippen LogP contribution in [0.2, 0.25) is 0 Å². The average Bonchev–Trinajstić information content (AvgIpc) is 2.61. The zero-order chi connectivity index (χ0) is 19.7. The van der Waals surface area contributed by atoms with E-state index in [0.717, 1.165) is 11.3 Å². The molecule has 0 aliphatic carbocycles. The Kier molecular flexibility index (Phi) is 4.79. The van der Waals surface area contributed by atoms with Crippen molar-refractivity contribution in [3.05, 3.63) is 77.5 Å². The smallest absolute Gasteiger partial charge is 0.350 e. The SMILES string of the molecule is CC1(C)OC(=O)C(=CNc2ccc(C(C)(C)c3ccccc3)cc2)C(=O)O1. The van der Waals surface area contributed by atoms with Gasteiger partial charge < -0.3 is 14.8 Å². The number of nitrogens with one attached hydrogen (secondary N) is 1. The van der Waals surface area contributed by atoms with Gasteiger partial charge in [-0.1, -0.05) is 56.3 Å². The van der Waals surface area contributed by atoms with Gasteiger partial charge in [0.2, 0.25) is 0 Å². The second-order valence-corrected chi connectivity index (χ2v) is 7.45. The van der Waals surface area contributed by atoms with Crippen molar-refractivity contribution in [3.63, 3.8) is 0 Å². The largest absolute Gasteiger partial charge is 0.419 e. The van der Waals surface area contributed by atoms with Gasteiger partial charge in [0, 0.05) is 31.1 Å². The van der Waals surface area contributed by atoms with Gasteiger partial charge in [0.05, 0.1) is 0 Å². The Labute approximate surface area is 159 Å². The van der Waals surface area contributed by atoms with Gasteiger partial charge >= 0.3 is 11.9 Å². The van der Waals surface area contributed by atoms with E-state index in [-0.39, 0.29) is 11.0 Å². The molecule has 0 unspecified atom stereocenters. The lowest BCUT2D eigenvalue weighted by atomic mass is 9.78. The van der Waals surface area contributed by atoms with Gasteiger partial charge in [-0.05, 0) is 23.3 Å². The molecule has 0 radical (unpaired) electrons. The molecule has 27 heavy (non-hydrogen) atoms. The minimum absolute atomic E-state index is 0.138. The quantitative estimate of drug-likeness (QED) is 0.501. The summed E-state index contributed by atoms with van der Waals surface area (Å²) in [5, 5.41) is 2.96. The standard InChI is InChI=1S/C22H23NO4/c1-21(2,15-8-6-5-7-9-15)16-10-12-17(13-11-16)23-14-18-19(24)26-22(3,4)27-20(18)25/h5-14,23H,1-4H3. The van der Waals surface area contributed by atoms with E-state index in [1.165, 1.54) is 25.6 Å². The van der Waals surface area contributed by atoms with Gasteiger partial charge in [0.15, 0.2) is 5.57 Å². The molecule has 1 N–H and O–H groups in total. The van der Waals surface area contributed by atoms with Crippen LogP contribution < -0.4 is 5.32 Å². The fourth-order valence-electron chi connectivity index (χ4n) is 2.94. The summed E-state index contributed by atoms with van der Waals surface area (Å²) in [4.78, 5) is 23.9. The van der Waals surface area contributed by atoms with Gasteiger partial charge in [0.1, 0.15) is 0 Å². The molecule has 0 atom stereocenters. The van der Waals surface area contributed by atoms with Crippen molar-refractivity contribution >= 4 is 17.6 Å². The second-order valence-electron chi connectivity index (χ2n) is 7.45. The summed E-state index contributed by atoms with van der Waals surface area (Å²) in [7, 11) is 0. The molecule has 0 spiro atoms. The van der Waals surface area contributed by atoms with Crippen molar-refractivity contribution < 1.29 is 19.1 Å². The number of cyclic esters (lactones) is 2. The maximum absolute atomic E-state index is 12.0. The fraction of sp³-hybridized carbons (Fsp3) is 0.273. The number of carbonyl (C=O) groups excluding carboxylic acids is 2. The molecule has 0 amide bonds. The molecule has 0 aromatic heterocycles. The lowest BCUT2D eigenvalue weighted by Crippen LogP contribution is -2.42. The molecule has 3 rings (SSSR count). The molecule has 1 fully saturated rings. The first-order chi connectivity index (χ1) is 12.7. The highest BCUT2D eigenvalue weighted by atomic mass is 16.7. The Morgan fingerprint density at radius 2 is 1.37 bits per heavy atom. The van der Waals surface area contributed by atoms with Gasteiger partial charge in [0.25, 0.3) is 5.79 Å². The average molecular weight is 365 g/mol. The summed E-state index contributed by atoms with van der Waals surface area (Å²) in [5.41, 5.74) is 2.83. The molecule has 1 heterocycles. The van der Waals surface area contributed by atoms with Crippen LogP contribution in [0.5, 0.6) is 0 Å². The van der Waals surface area contributed by atoms with Gasteiger partial charge in [-0.2, -0.15) is 0 Å². The molecule has 5 heteroatoms. The number of hydrogen-bond donors (Lipinski definition) is 1. The van der Waals surface area contributed by atoms with Gasteiger partial charge in [-0.25, -0.2) is 9.59 Å². The summed E-state index contributed by atoms with van der Waals surface area (Å²) >= 11 is 0. The summed E-state index contributed by atoms with van der Waals surface area (Å²) in [6.45, 7) is 7.37. The van der Waals surface area contributed by atoms with Crippen LogP contribution >= 0.6 is 0 Å². The molecule has 0 bridgehead atoms. The number of carbonyl (C=O) groups is 2. The van der Waals surface area contributed by atoms with Crippen LogP contribution in [0.4, 0.5) is 5.69 Å². The van der Waals surface area contributed by atoms with Crippen LogP contribution in [0.3, 0.4) is 0 Å². The van der Waals surface area contributed by atoms with Crippen molar-refractivity contribution in [2.24, 2.45) is 0 Å². The Balaban J connectivity index is 1.75. The molecular weight excluding hydrogens is 342 g/mol. The minimum atomic E-state index is -1.24. The van der Waals surface area contributed by atoms with Crippen molar-refractivity contribution in [1.29, 1.82) is 0 Å². The summed E-state index contributed by atoms with van der Waals surface area (Å²) in [5.74, 6) is -2.65. The third-order valence-corrected chi connectivity index (χ3v) is 4.60. The zero-order valence-electron chi connectivity index (χ0n) is 15.9. The van der Waals surface area contributed by atoms with E-state index in [1.54, 1.807) is 0 Å². The number of esters is 2. The highest BCUT2D eigenvalue weighted by molar-refractivity contribution is 6.15. The van der Waals surface area contributed by atoms with Crippen LogP contribution in [0.15, 0.2) is 66.4 Å². The van der Waals surface area contributed by atoms with E-state index < -0.39 is 17.7 Å². The normalized spacial score (nSPS) is 16.4. The molecule has 2 aromatic rings. The van der Waals surface area contributed by atoms with Crippen LogP contribution in [0.1, 0.15) is 38.8 Å². The number of anilines is 1. The van der Waals surface area contributed by atoms with Gasteiger partial charge in [-0.3, -0.25) is 0 Å². The summed E-state index contributed by atoms with van der Waals surface area (Å²) in [6, 6.07) is 18.1. The van der Waals surface area contributed by atoms with Crippen molar-refractivity contribution in [1.82, 2.24) is 0 Å². The van der Waals surface area contributed by atoms with E-state index in [4.69, 9.17) is 9.47 Å². The number of hydrogen-bond acceptors (Lipinski definition) is 5. The fourth-order valence-corrected chi connectivity index (χ4v) is 2.94.